The summed E-state index contributed by atoms with van der Waals surface area (Å²) in [4.78, 5) is 0. The van der Waals surface area contributed by atoms with Crippen molar-refractivity contribution in [2.24, 2.45) is 11.8 Å². The standard InChI is InChI=1S/C26H48OSSi/c1-23(2)27-17-14-19-28-18-12-10-8-6-5-7-9-11-13-20-29(3,4)26-22-24-15-16-25(26)21-24/h23-26H,5-12,14-19,21-22H2,1-4H3. The van der Waals surface area contributed by atoms with Crippen molar-refractivity contribution in [3.05, 3.63) is 0 Å². The van der Waals surface area contributed by atoms with Crippen molar-refractivity contribution in [1.82, 2.24) is 0 Å². The minimum Gasteiger partial charge on any atom is -0.379 e. The molecular formula is C26H48OSSi. The van der Waals surface area contributed by atoms with Gasteiger partial charge in [-0.25, -0.2) is 0 Å². The lowest BCUT2D eigenvalue weighted by atomic mass is 10.0. The Hall–Kier alpha value is 0.0869. The highest BCUT2D eigenvalue weighted by molar-refractivity contribution is 7.99. The molecule has 2 aliphatic rings. The van der Waals surface area contributed by atoms with Gasteiger partial charge in [-0.2, -0.15) is 11.8 Å². The summed E-state index contributed by atoms with van der Waals surface area (Å²) in [6.45, 7) is 10.2. The average molecular weight is 437 g/mol. The molecule has 168 valence electrons. The van der Waals surface area contributed by atoms with E-state index in [2.05, 4.69) is 50.2 Å². The van der Waals surface area contributed by atoms with Crippen LogP contribution in [0.25, 0.3) is 0 Å². The smallest absolute Gasteiger partial charge is 0.135 e. The Morgan fingerprint density at radius 3 is 2.24 bits per heavy atom. The number of ether oxygens (including phenoxy) is 1. The topological polar surface area (TPSA) is 9.23 Å². The molecule has 2 saturated carbocycles. The molecule has 0 saturated heterocycles. The van der Waals surface area contributed by atoms with Gasteiger partial charge >= 0.3 is 0 Å². The van der Waals surface area contributed by atoms with Gasteiger partial charge in [0.1, 0.15) is 8.07 Å². The van der Waals surface area contributed by atoms with E-state index >= 15 is 0 Å². The average Bonchev–Trinajstić information content (AvgIpc) is 3.31. The van der Waals surface area contributed by atoms with Gasteiger partial charge in [0.25, 0.3) is 0 Å². The van der Waals surface area contributed by atoms with Crippen LogP contribution in [-0.4, -0.2) is 32.3 Å². The summed E-state index contributed by atoms with van der Waals surface area (Å²) in [6, 6.07) is 0. The Morgan fingerprint density at radius 1 is 0.897 bits per heavy atom. The third-order valence-electron chi connectivity index (χ3n) is 7.05. The molecule has 0 aromatic rings. The van der Waals surface area contributed by atoms with Gasteiger partial charge in [0.2, 0.25) is 0 Å². The molecule has 2 fully saturated rings. The number of unbranched alkanes of at least 4 members (excludes halogenated alkanes) is 7. The van der Waals surface area contributed by atoms with Gasteiger partial charge in [-0.1, -0.05) is 58.0 Å². The number of hydrogen-bond acceptors (Lipinski definition) is 2. The summed E-state index contributed by atoms with van der Waals surface area (Å²) in [6.07, 6.45) is 18.6. The van der Waals surface area contributed by atoms with E-state index in [0.29, 0.717) is 6.10 Å². The maximum absolute atomic E-state index is 5.58. The molecule has 0 N–H and O–H groups in total. The van der Waals surface area contributed by atoms with Gasteiger partial charge in [-0.05, 0) is 74.8 Å². The van der Waals surface area contributed by atoms with Crippen LogP contribution < -0.4 is 0 Å². The minimum atomic E-state index is -1.30. The molecule has 3 unspecified atom stereocenters. The molecule has 0 aromatic heterocycles. The lowest BCUT2D eigenvalue weighted by molar-refractivity contribution is 0.0800. The fraction of sp³-hybridized carbons (Fsp3) is 0.923. The Bertz CT molecular complexity index is 493. The summed E-state index contributed by atoms with van der Waals surface area (Å²) < 4.78 is 5.58. The highest BCUT2D eigenvalue weighted by atomic mass is 32.2. The Labute approximate surface area is 187 Å². The SMILES string of the molecule is CC(C)OCCCSCCCCCCCCCC#C[Si](C)(C)C1CC2CCC1C2. The molecule has 0 aliphatic heterocycles. The summed E-state index contributed by atoms with van der Waals surface area (Å²) in [5.74, 6) is 8.32. The first-order valence-electron chi connectivity index (χ1n) is 12.7. The van der Waals surface area contributed by atoms with Crippen molar-refractivity contribution in [2.75, 3.05) is 18.1 Å². The second kappa shape index (κ2) is 14.2. The van der Waals surface area contributed by atoms with Crippen molar-refractivity contribution < 1.29 is 4.74 Å². The van der Waals surface area contributed by atoms with Gasteiger partial charge in [0, 0.05) is 13.0 Å². The van der Waals surface area contributed by atoms with Crippen LogP contribution in [0.2, 0.25) is 18.6 Å². The lowest BCUT2D eigenvalue weighted by Crippen LogP contribution is -2.34. The van der Waals surface area contributed by atoms with Crippen LogP contribution in [0.15, 0.2) is 0 Å². The second-order valence-electron chi connectivity index (χ2n) is 10.4. The van der Waals surface area contributed by atoms with E-state index in [-0.39, 0.29) is 0 Å². The van der Waals surface area contributed by atoms with Gasteiger partial charge in [-0.15, -0.1) is 11.5 Å². The van der Waals surface area contributed by atoms with Gasteiger partial charge in [0.15, 0.2) is 0 Å². The van der Waals surface area contributed by atoms with Gasteiger partial charge in [0.05, 0.1) is 6.10 Å². The predicted octanol–water partition coefficient (Wildman–Crippen LogP) is 8.10. The van der Waals surface area contributed by atoms with E-state index in [1.54, 1.807) is 0 Å². The molecule has 2 bridgehead atoms. The zero-order chi connectivity index (χ0) is 21.0. The van der Waals surface area contributed by atoms with E-state index in [0.717, 1.165) is 30.4 Å². The third kappa shape index (κ3) is 10.3. The monoisotopic (exact) mass is 436 g/mol. The molecular weight excluding hydrogens is 388 g/mol. The summed E-state index contributed by atoms with van der Waals surface area (Å²) in [5, 5.41) is 0. The zero-order valence-electron chi connectivity index (χ0n) is 19.9. The van der Waals surface area contributed by atoms with Crippen molar-refractivity contribution >= 4 is 19.8 Å². The fourth-order valence-corrected chi connectivity index (χ4v) is 9.50. The maximum Gasteiger partial charge on any atom is 0.135 e. The molecule has 0 aromatic carbocycles. The van der Waals surface area contributed by atoms with Crippen LogP contribution in [0.3, 0.4) is 0 Å². The van der Waals surface area contributed by atoms with Gasteiger partial charge < -0.3 is 4.74 Å². The first kappa shape index (κ1) is 25.3. The van der Waals surface area contributed by atoms with Gasteiger partial charge in [-0.3, -0.25) is 0 Å². The van der Waals surface area contributed by atoms with E-state index in [9.17, 15) is 0 Å². The molecule has 3 atom stereocenters. The van der Waals surface area contributed by atoms with Crippen LogP contribution in [0.5, 0.6) is 0 Å². The van der Waals surface area contributed by atoms with Crippen LogP contribution in [-0.2, 0) is 4.74 Å². The van der Waals surface area contributed by atoms with Crippen molar-refractivity contribution in [3.8, 4) is 11.5 Å². The minimum absolute atomic E-state index is 0.382. The Balaban J connectivity index is 1.36. The first-order chi connectivity index (χ1) is 14.0. The van der Waals surface area contributed by atoms with Crippen molar-refractivity contribution in [3.63, 3.8) is 0 Å². The van der Waals surface area contributed by atoms with Crippen LogP contribution in [0.4, 0.5) is 0 Å². The van der Waals surface area contributed by atoms with Crippen LogP contribution in [0, 0.1) is 23.3 Å². The zero-order valence-corrected chi connectivity index (χ0v) is 21.8. The third-order valence-corrected chi connectivity index (χ3v) is 11.6. The van der Waals surface area contributed by atoms with Crippen molar-refractivity contribution in [2.45, 2.75) is 122 Å². The molecule has 1 nitrogen and oxygen atoms in total. The molecule has 3 heteroatoms. The fourth-order valence-electron chi connectivity index (χ4n) is 5.40. The molecule has 2 rings (SSSR count). The molecule has 2 aliphatic carbocycles. The predicted molar refractivity (Wildman–Crippen MR) is 134 cm³/mol. The number of rotatable bonds is 15. The molecule has 0 heterocycles. The molecule has 0 spiro atoms. The van der Waals surface area contributed by atoms with E-state index < -0.39 is 8.07 Å². The largest absolute Gasteiger partial charge is 0.379 e. The number of fused-ring (bicyclic) bond motifs is 2. The first-order valence-corrected chi connectivity index (χ1v) is 16.9. The van der Waals surface area contributed by atoms with Crippen LogP contribution >= 0.6 is 11.8 Å². The van der Waals surface area contributed by atoms with E-state index in [4.69, 9.17) is 4.74 Å². The highest BCUT2D eigenvalue weighted by Crippen LogP contribution is 2.55. The van der Waals surface area contributed by atoms with Crippen molar-refractivity contribution in [1.29, 1.82) is 0 Å². The number of hydrogen-bond donors (Lipinski definition) is 0. The molecule has 0 radical (unpaired) electrons. The number of thioether (sulfide) groups is 1. The summed E-state index contributed by atoms with van der Waals surface area (Å²) in [7, 11) is -1.30. The quantitative estimate of drug-likeness (QED) is 0.146. The van der Waals surface area contributed by atoms with E-state index in [1.165, 1.54) is 88.6 Å². The Kier molecular flexibility index (Phi) is 12.4. The highest BCUT2D eigenvalue weighted by Gasteiger charge is 2.46. The molecule has 29 heavy (non-hydrogen) atoms. The van der Waals surface area contributed by atoms with Crippen LogP contribution in [0.1, 0.15) is 97.3 Å². The Morgan fingerprint density at radius 2 is 1.59 bits per heavy atom. The second-order valence-corrected chi connectivity index (χ2v) is 16.1. The summed E-state index contributed by atoms with van der Waals surface area (Å²) >= 11 is 2.11. The van der Waals surface area contributed by atoms with E-state index in [1.807, 2.05) is 0 Å². The summed E-state index contributed by atoms with van der Waals surface area (Å²) in [5.41, 5.74) is 4.83. The maximum atomic E-state index is 5.58. The normalized spacial score (nSPS) is 23.6. The lowest BCUT2D eigenvalue weighted by Gasteiger charge is -2.31. The molecule has 0 amide bonds.